The van der Waals surface area contributed by atoms with Crippen LogP contribution in [0.2, 0.25) is 0 Å². The third-order valence-corrected chi connectivity index (χ3v) is 0. The third kappa shape index (κ3) is 8.91. The van der Waals surface area contributed by atoms with Gasteiger partial charge in [0.15, 0.2) is 0 Å². The van der Waals surface area contributed by atoms with Crippen molar-refractivity contribution in [3.05, 3.63) is 0 Å². The number of rotatable bonds is 0. The van der Waals surface area contributed by atoms with Crippen molar-refractivity contribution in [2.75, 3.05) is 0 Å². The molecule has 0 radical (unpaired) electrons. The van der Waals surface area contributed by atoms with E-state index in [0.717, 1.165) is 0 Å². The summed E-state index contributed by atoms with van der Waals surface area (Å²) in [5.41, 5.74) is 0. The molecule has 4 heavy (non-hydrogen) atoms. The van der Waals surface area contributed by atoms with Crippen LogP contribution in [0.4, 0.5) is 0 Å². The van der Waals surface area contributed by atoms with Gasteiger partial charge < -0.3 is 0 Å². The Morgan fingerprint density at radius 2 is 1.00 bits per heavy atom. The van der Waals surface area contributed by atoms with Crippen molar-refractivity contribution in [2.45, 2.75) is 0 Å². The molecule has 18 valence electrons. The van der Waals surface area contributed by atoms with Crippen LogP contribution in [0.25, 0.3) is 0 Å². The Morgan fingerprint density at radius 3 is 1.00 bits per heavy atom. The standard InChI is InChI=1S/Ca.Mg.H3P.Zn.4H/h;;1H3;;;;;. The van der Waals surface area contributed by atoms with E-state index >= 15 is 0 Å². The first-order valence-corrected chi connectivity index (χ1v) is 0. The summed E-state index contributed by atoms with van der Waals surface area (Å²) in [7, 11) is 0. The molecule has 0 saturated heterocycles. The van der Waals surface area contributed by atoms with Gasteiger partial charge in [-0.25, -0.2) is 0 Å². The zero-order valence-corrected chi connectivity index (χ0v) is 5.80. The van der Waals surface area contributed by atoms with Crippen molar-refractivity contribution in [3.8, 4) is 0 Å². The number of hydrogen-bond donors (Lipinski definition) is 0. The molecule has 0 rings (SSSR count). The maximum absolute atomic E-state index is 0. The fourth-order valence-electron chi connectivity index (χ4n) is 0. The fraction of sp³-hybridized carbons (Fsp3) is 0. The molecular weight excluding hydrogens is 161 g/mol. The Balaban J connectivity index is 0. The van der Waals surface area contributed by atoms with E-state index in [-0.39, 0.29) is 90.2 Å². The fourth-order valence-corrected chi connectivity index (χ4v) is 0. The van der Waals surface area contributed by atoms with Crippen LogP contribution >= 0.6 is 9.90 Å². The largest absolute Gasteiger partial charge is 0.316 e. The average Bonchev–Trinajstić information content (AvgIpc) is 0. The quantitative estimate of drug-likeness (QED) is 0.296. The van der Waals surface area contributed by atoms with E-state index in [1.165, 1.54) is 0 Å². The summed E-state index contributed by atoms with van der Waals surface area (Å²) in [6, 6.07) is 0. The topological polar surface area (TPSA) is 0 Å². The summed E-state index contributed by atoms with van der Waals surface area (Å²) in [6.07, 6.45) is 0. The first-order valence-electron chi connectivity index (χ1n) is 0. The summed E-state index contributed by atoms with van der Waals surface area (Å²) >= 11 is 0. The minimum absolute atomic E-state index is 0. The summed E-state index contributed by atoms with van der Waals surface area (Å²) in [5.74, 6) is 0. The van der Waals surface area contributed by atoms with Gasteiger partial charge >= 0.3 is 60.8 Å². The van der Waals surface area contributed by atoms with Crippen molar-refractivity contribution in [1.82, 2.24) is 0 Å². The van der Waals surface area contributed by atoms with Gasteiger partial charge in [0.05, 0.1) is 0 Å². The Kier molecular flexibility index (Phi) is 114. The van der Waals surface area contributed by atoms with Gasteiger partial charge in [-0.2, -0.15) is 9.90 Å². The summed E-state index contributed by atoms with van der Waals surface area (Å²) in [6.45, 7) is 0. The van der Waals surface area contributed by atoms with E-state index < -0.39 is 0 Å². The van der Waals surface area contributed by atoms with Crippen molar-refractivity contribution in [2.24, 2.45) is 0 Å². The normalized spacial score (nSPS) is 0. The molecule has 1 atom stereocenters. The van der Waals surface area contributed by atoms with Crippen LogP contribution in [0.1, 0.15) is 0 Å². The molecule has 0 aromatic carbocycles. The van der Waals surface area contributed by atoms with Crippen LogP contribution in [-0.4, -0.2) is 60.8 Å². The molecule has 0 aliphatic rings. The Hall–Kier alpha value is 3.08. The predicted octanol–water partition coefficient (Wildman–Crippen LogP) is -1.78. The van der Waals surface area contributed by atoms with E-state index in [2.05, 4.69) is 0 Å². The van der Waals surface area contributed by atoms with E-state index in [0.29, 0.717) is 0 Å². The Morgan fingerprint density at radius 1 is 1.00 bits per heavy atom. The minimum atomic E-state index is 0. The van der Waals surface area contributed by atoms with Gasteiger partial charge in [0, 0.05) is 19.5 Å². The molecule has 0 aliphatic carbocycles. The second-order valence-electron chi connectivity index (χ2n) is 0. The van der Waals surface area contributed by atoms with Gasteiger partial charge in [-0.15, -0.1) is 0 Å². The second-order valence-corrected chi connectivity index (χ2v) is 0. The average molecular weight is 168 g/mol. The van der Waals surface area contributed by atoms with E-state index in [1.54, 1.807) is 0 Å². The van der Waals surface area contributed by atoms with Crippen LogP contribution in [0, 0.1) is 0 Å². The van der Waals surface area contributed by atoms with Crippen LogP contribution < -0.4 is 0 Å². The van der Waals surface area contributed by atoms with Gasteiger partial charge in [0.25, 0.3) is 0 Å². The molecule has 0 spiro atoms. The van der Waals surface area contributed by atoms with Gasteiger partial charge in [-0.3, -0.25) is 0 Å². The van der Waals surface area contributed by atoms with E-state index in [9.17, 15) is 0 Å². The SMILES string of the molecule is P.[CaH2].[MgH2].[Zn]. The first kappa shape index (κ1) is 27.6. The minimum Gasteiger partial charge on any atom is 0 e. The molecule has 0 saturated carbocycles. The van der Waals surface area contributed by atoms with Gasteiger partial charge in [-0.05, 0) is 0 Å². The molecule has 0 N–H and O–H groups in total. The van der Waals surface area contributed by atoms with Crippen molar-refractivity contribution in [1.29, 1.82) is 0 Å². The molecule has 0 aromatic heterocycles. The molecule has 0 aromatic rings. The van der Waals surface area contributed by atoms with E-state index in [4.69, 9.17) is 0 Å². The molecule has 0 bridgehead atoms. The van der Waals surface area contributed by atoms with Gasteiger partial charge in [-0.1, -0.05) is 0 Å². The molecule has 0 amide bonds. The van der Waals surface area contributed by atoms with Crippen molar-refractivity contribution >= 4 is 70.7 Å². The number of hydrogen-bond acceptors (Lipinski definition) is 0. The zero-order chi connectivity index (χ0) is 0. The monoisotopic (exact) mass is 166 g/mol. The first-order chi connectivity index (χ1) is 0. The molecule has 0 heterocycles. The molecule has 0 fully saturated rings. The van der Waals surface area contributed by atoms with Crippen LogP contribution in [-0.2, 0) is 19.5 Å². The maximum Gasteiger partial charge on any atom is 0.316 e. The third-order valence-electron chi connectivity index (χ3n) is 0. The Bertz CT molecular complexity index is 8.00. The van der Waals surface area contributed by atoms with Crippen LogP contribution in [0.15, 0.2) is 0 Å². The molecule has 0 nitrogen and oxygen atoms in total. The molecule has 0 aliphatic heterocycles. The van der Waals surface area contributed by atoms with Crippen LogP contribution in [0.3, 0.4) is 0 Å². The Labute approximate surface area is 88.4 Å². The molecule has 4 heteroatoms. The zero-order valence-electron chi connectivity index (χ0n) is 1.41. The second kappa shape index (κ2) is 16.5. The van der Waals surface area contributed by atoms with Crippen LogP contribution in [0.5, 0.6) is 0 Å². The van der Waals surface area contributed by atoms with Crippen molar-refractivity contribution < 1.29 is 19.5 Å². The maximum atomic E-state index is 0. The van der Waals surface area contributed by atoms with Crippen molar-refractivity contribution in [3.63, 3.8) is 0 Å². The summed E-state index contributed by atoms with van der Waals surface area (Å²) in [5, 5.41) is 0. The molecule has 1 unspecified atom stereocenters. The smallest absolute Gasteiger partial charge is 0 e. The summed E-state index contributed by atoms with van der Waals surface area (Å²) < 4.78 is 0. The van der Waals surface area contributed by atoms with Gasteiger partial charge in [0.2, 0.25) is 0 Å². The predicted molar refractivity (Wildman–Crippen MR) is 28.2 cm³/mol. The van der Waals surface area contributed by atoms with E-state index in [1.807, 2.05) is 0 Å². The van der Waals surface area contributed by atoms with Gasteiger partial charge in [0.1, 0.15) is 0 Å². The summed E-state index contributed by atoms with van der Waals surface area (Å²) in [4.78, 5) is 0. The molecular formula is H7CaMgPZn.